The molecule has 3 rings (SSSR count). The summed E-state index contributed by atoms with van der Waals surface area (Å²) in [5.41, 5.74) is 0.601. The zero-order chi connectivity index (χ0) is 15.4. The normalized spacial score (nSPS) is 17.5. The number of imidazole rings is 1. The maximum Gasteiger partial charge on any atom is 0.257 e. The maximum atomic E-state index is 12.7. The topological polar surface area (TPSA) is 58.2 Å². The maximum absolute atomic E-state index is 12.7. The summed E-state index contributed by atoms with van der Waals surface area (Å²) in [7, 11) is 0. The SMILES string of the molecule is C=CCOc1ccccc1C(=O)N1CCC(c2ncc[nH]2)C1. The molecule has 1 aromatic carbocycles. The molecule has 1 aromatic heterocycles. The molecule has 5 heteroatoms. The van der Waals surface area contributed by atoms with E-state index in [9.17, 15) is 4.79 Å². The average molecular weight is 297 g/mol. The van der Waals surface area contributed by atoms with Crippen LogP contribution in [0.1, 0.15) is 28.5 Å². The number of carbonyl (C=O) groups is 1. The monoisotopic (exact) mass is 297 g/mol. The van der Waals surface area contributed by atoms with Crippen molar-refractivity contribution in [3.8, 4) is 5.75 Å². The number of rotatable bonds is 5. The lowest BCUT2D eigenvalue weighted by Crippen LogP contribution is -2.29. The minimum Gasteiger partial charge on any atom is -0.489 e. The summed E-state index contributed by atoms with van der Waals surface area (Å²) in [6.07, 6.45) is 6.16. The van der Waals surface area contributed by atoms with E-state index in [0.29, 0.717) is 24.5 Å². The quantitative estimate of drug-likeness (QED) is 0.863. The molecule has 0 radical (unpaired) electrons. The van der Waals surface area contributed by atoms with E-state index in [1.165, 1.54) is 0 Å². The molecule has 0 saturated carbocycles. The van der Waals surface area contributed by atoms with Gasteiger partial charge >= 0.3 is 0 Å². The molecule has 1 amide bonds. The van der Waals surface area contributed by atoms with Crippen molar-refractivity contribution in [2.45, 2.75) is 12.3 Å². The standard InChI is InChI=1S/C17H19N3O2/c1-2-11-22-15-6-4-3-5-14(15)17(21)20-10-7-13(12-20)16-18-8-9-19-16/h2-6,8-9,13H,1,7,10-12H2,(H,18,19). The van der Waals surface area contributed by atoms with E-state index < -0.39 is 0 Å². The van der Waals surface area contributed by atoms with E-state index in [1.54, 1.807) is 18.3 Å². The number of nitrogens with one attached hydrogen (secondary N) is 1. The lowest BCUT2D eigenvalue weighted by molar-refractivity contribution is 0.0786. The van der Waals surface area contributed by atoms with E-state index in [0.717, 1.165) is 18.8 Å². The smallest absolute Gasteiger partial charge is 0.257 e. The van der Waals surface area contributed by atoms with Gasteiger partial charge in [0.05, 0.1) is 5.56 Å². The highest BCUT2D eigenvalue weighted by Crippen LogP contribution is 2.28. The molecule has 1 atom stereocenters. The Morgan fingerprint density at radius 2 is 2.36 bits per heavy atom. The molecule has 1 saturated heterocycles. The highest BCUT2D eigenvalue weighted by molar-refractivity contribution is 5.97. The van der Waals surface area contributed by atoms with E-state index in [2.05, 4.69) is 16.5 Å². The molecular weight excluding hydrogens is 278 g/mol. The van der Waals surface area contributed by atoms with Crippen LogP contribution in [0.2, 0.25) is 0 Å². The van der Waals surface area contributed by atoms with Crippen LogP contribution < -0.4 is 4.74 Å². The Balaban J connectivity index is 1.73. The number of para-hydroxylation sites is 1. The van der Waals surface area contributed by atoms with Gasteiger partial charge in [-0.25, -0.2) is 4.98 Å². The van der Waals surface area contributed by atoms with Gasteiger partial charge in [-0.15, -0.1) is 0 Å². The third-order valence-electron chi connectivity index (χ3n) is 3.86. The van der Waals surface area contributed by atoms with Gasteiger partial charge < -0.3 is 14.6 Å². The predicted octanol–water partition coefficient (Wildman–Crippen LogP) is 2.60. The van der Waals surface area contributed by atoms with Crippen LogP contribution in [0.3, 0.4) is 0 Å². The zero-order valence-electron chi connectivity index (χ0n) is 12.4. The van der Waals surface area contributed by atoms with Crippen LogP contribution >= 0.6 is 0 Å². The summed E-state index contributed by atoms with van der Waals surface area (Å²) in [5.74, 6) is 1.84. The van der Waals surface area contributed by atoms with E-state index >= 15 is 0 Å². The number of H-pyrrole nitrogens is 1. The summed E-state index contributed by atoms with van der Waals surface area (Å²) >= 11 is 0. The number of aromatic amines is 1. The Morgan fingerprint density at radius 3 is 3.14 bits per heavy atom. The van der Waals surface area contributed by atoms with Gasteiger partial charge in [-0.1, -0.05) is 24.8 Å². The van der Waals surface area contributed by atoms with Crippen molar-refractivity contribution >= 4 is 5.91 Å². The number of carbonyl (C=O) groups excluding carboxylic acids is 1. The van der Waals surface area contributed by atoms with Crippen LogP contribution in [0.5, 0.6) is 5.75 Å². The Morgan fingerprint density at radius 1 is 1.50 bits per heavy atom. The molecule has 2 heterocycles. The lowest BCUT2D eigenvalue weighted by atomic mass is 10.1. The molecule has 2 aromatic rings. The molecule has 0 aliphatic carbocycles. The van der Waals surface area contributed by atoms with Gasteiger partial charge in [0.25, 0.3) is 5.91 Å². The number of benzene rings is 1. The molecule has 114 valence electrons. The fraction of sp³-hybridized carbons (Fsp3) is 0.294. The average Bonchev–Trinajstić information content (AvgIpc) is 3.23. The summed E-state index contributed by atoms with van der Waals surface area (Å²) in [5, 5.41) is 0. The Bertz CT molecular complexity index is 652. The van der Waals surface area contributed by atoms with Gasteiger partial charge in [-0.2, -0.15) is 0 Å². The third kappa shape index (κ3) is 2.88. The molecule has 5 nitrogen and oxygen atoms in total. The van der Waals surface area contributed by atoms with Crippen molar-refractivity contribution in [3.05, 3.63) is 60.7 Å². The minimum atomic E-state index is 0.00807. The van der Waals surface area contributed by atoms with Gasteiger partial charge in [-0.05, 0) is 18.6 Å². The third-order valence-corrected chi connectivity index (χ3v) is 3.86. The molecule has 1 unspecified atom stereocenters. The van der Waals surface area contributed by atoms with Crippen LogP contribution in [-0.4, -0.2) is 40.5 Å². The van der Waals surface area contributed by atoms with Crippen molar-refractivity contribution < 1.29 is 9.53 Å². The minimum absolute atomic E-state index is 0.00807. The second-order valence-electron chi connectivity index (χ2n) is 5.31. The van der Waals surface area contributed by atoms with Crippen LogP contribution in [0.15, 0.2) is 49.3 Å². The molecule has 1 fully saturated rings. The van der Waals surface area contributed by atoms with Crippen molar-refractivity contribution in [1.82, 2.24) is 14.9 Å². The Labute approximate surface area is 129 Å². The zero-order valence-corrected chi connectivity index (χ0v) is 12.4. The molecule has 22 heavy (non-hydrogen) atoms. The number of ether oxygens (including phenoxy) is 1. The Hall–Kier alpha value is -2.56. The molecule has 0 bridgehead atoms. The van der Waals surface area contributed by atoms with Gasteiger partial charge in [0.1, 0.15) is 18.2 Å². The largest absolute Gasteiger partial charge is 0.489 e. The van der Waals surface area contributed by atoms with Gasteiger partial charge in [0.15, 0.2) is 0 Å². The van der Waals surface area contributed by atoms with Gasteiger partial charge in [0, 0.05) is 31.4 Å². The van der Waals surface area contributed by atoms with Crippen LogP contribution in [0.4, 0.5) is 0 Å². The predicted molar refractivity (Wildman–Crippen MR) is 84.0 cm³/mol. The van der Waals surface area contributed by atoms with Crippen LogP contribution in [-0.2, 0) is 0 Å². The second kappa shape index (κ2) is 6.47. The fourth-order valence-corrected chi connectivity index (χ4v) is 2.76. The van der Waals surface area contributed by atoms with E-state index in [-0.39, 0.29) is 11.8 Å². The summed E-state index contributed by atoms with van der Waals surface area (Å²) < 4.78 is 5.58. The molecular formula is C17H19N3O2. The van der Waals surface area contributed by atoms with Crippen molar-refractivity contribution in [2.75, 3.05) is 19.7 Å². The number of aromatic nitrogens is 2. The molecule has 1 N–H and O–H groups in total. The summed E-state index contributed by atoms with van der Waals surface area (Å²) in [6.45, 7) is 5.44. The first-order valence-electron chi connectivity index (χ1n) is 7.41. The number of likely N-dealkylation sites (tertiary alicyclic amines) is 1. The van der Waals surface area contributed by atoms with Crippen LogP contribution in [0.25, 0.3) is 0 Å². The van der Waals surface area contributed by atoms with Crippen molar-refractivity contribution in [2.24, 2.45) is 0 Å². The Kier molecular flexibility index (Phi) is 4.23. The van der Waals surface area contributed by atoms with E-state index in [1.807, 2.05) is 29.3 Å². The van der Waals surface area contributed by atoms with Crippen LogP contribution in [0, 0.1) is 0 Å². The molecule has 1 aliphatic heterocycles. The highest BCUT2D eigenvalue weighted by Gasteiger charge is 2.30. The first-order chi connectivity index (χ1) is 10.8. The first kappa shape index (κ1) is 14.4. The van der Waals surface area contributed by atoms with Crippen molar-refractivity contribution in [1.29, 1.82) is 0 Å². The fourth-order valence-electron chi connectivity index (χ4n) is 2.76. The number of nitrogens with zero attached hydrogens (tertiary/aromatic N) is 2. The van der Waals surface area contributed by atoms with Gasteiger partial charge in [-0.3, -0.25) is 4.79 Å². The van der Waals surface area contributed by atoms with Gasteiger partial charge in [0.2, 0.25) is 0 Å². The number of hydrogen-bond donors (Lipinski definition) is 1. The highest BCUT2D eigenvalue weighted by atomic mass is 16.5. The lowest BCUT2D eigenvalue weighted by Gasteiger charge is -2.18. The second-order valence-corrected chi connectivity index (χ2v) is 5.31. The number of amides is 1. The summed E-state index contributed by atoms with van der Waals surface area (Å²) in [6, 6.07) is 7.34. The molecule has 1 aliphatic rings. The van der Waals surface area contributed by atoms with Crippen molar-refractivity contribution in [3.63, 3.8) is 0 Å². The molecule has 0 spiro atoms. The summed E-state index contributed by atoms with van der Waals surface area (Å²) in [4.78, 5) is 22.0. The van der Waals surface area contributed by atoms with E-state index in [4.69, 9.17) is 4.74 Å². The first-order valence-corrected chi connectivity index (χ1v) is 7.41. The number of hydrogen-bond acceptors (Lipinski definition) is 3.